The SMILES string of the molecule is CC1COCCN1c1nc(-c2ccc(NC(=O)Nc3ccc(C45CCN(CC4)CC5)cc3)cc2)nc(N2C(CO)CCC2CO)n1. The number of aliphatic hydroxyl groups is 2. The Labute approximate surface area is 269 Å². The summed E-state index contributed by atoms with van der Waals surface area (Å²) >= 11 is 0. The van der Waals surface area contributed by atoms with Gasteiger partial charge in [0, 0.05) is 23.5 Å². The van der Waals surface area contributed by atoms with E-state index in [-0.39, 0.29) is 42.8 Å². The fourth-order valence-corrected chi connectivity index (χ4v) is 7.56. The molecule has 5 fully saturated rings. The quantitative estimate of drug-likeness (QED) is 0.293. The van der Waals surface area contributed by atoms with Crippen molar-refractivity contribution < 1.29 is 19.7 Å². The zero-order valence-electron chi connectivity index (χ0n) is 26.4. The van der Waals surface area contributed by atoms with Gasteiger partial charge in [-0.15, -0.1) is 0 Å². The summed E-state index contributed by atoms with van der Waals surface area (Å²) in [6.07, 6.45) is 5.12. The summed E-state index contributed by atoms with van der Waals surface area (Å²) < 4.78 is 5.64. The van der Waals surface area contributed by atoms with E-state index < -0.39 is 0 Å². The molecule has 12 nitrogen and oxygen atoms in total. The highest BCUT2D eigenvalue weighted by Crippen LogP contribution is 2.43. The van der Waals surface area contributed by atoms with Crippen molar-refractivity contribution in [3.8, 4) is 11.4 Å². The number of nitrogens with zero attached hydrogens (tertiary/aromatic N) is 6. The molecule has 5 aliphatic heterocycles. The largest absolute Gasteiger partial charge is 0.394 e. The summed E-state index contributed by atoms with van der Waals surface area (Å²) in [4.78, 5) is 34.0. The molecule has 244 valence electrons. The van der Waals surface area contributed by atoms with Gasteiger partial charge in [-0.3, -0.25) is 0 Å². The lowest BCUT2D eigenvalue weighted by Gasteiger charge is -2.48. The number of nitrogens with one attached hydrogen (secondary N) is 2. The van der Waals surface area contributed by atoms with Crippen LogP contribution in [0.4, 0.5) is 28.1 Å². The molecule has 12 heteroatoms. The molecule has 8 rings (SSSR count). The van der Waals surface area contributed by atoms with Crippen molar-refractivity contribution in [3.05, 3.63) is 54.1 Å². The Bertz CT molecular complexity index is 1490. The Morgan fingerprint density at radius 3 is 2.02 bits per heavy atom. The van der Waals surface area contributed by atoms with Gasteiger partial charge in [-0.05, 0) is 106 Å². The minimum absolute atomic E-state index is 0.0486. The lowest BCUT2D eigenvalue weighted by atomic mass is 9.67. The van der Waals surface area contributed by atoms with E-state index in [1.807, 2.05) is 41.3 Å². The van der Waals surface area contributed by atoms with Gasteiger partial charge in [0.05, 0.1) is 44.6 Å². The fraction of sp³-hybridized carbons (Fsp3) is 0.529. The third-order valence-corrected chi connectivity index (χ3v) is 10.4. The number of carbonyl (C=O) groups excluding carboxylic acids is 1. The van der Waals surface area contributed by atoms with Crippen LogP contribution >= 0.6 is 0 Å². The third kappa shape index (κ3) is 6.14. The van der Waals surface area contributed by atoms with Crippen LogP contribution < -0.4 is 20.4 Å². The van der Waals surface area contributed by atoms with Crippen LogP contribution in [-0.2, 0) is 10.2 Å². The average Bonchev–Trinajstić information content (AvgIpc) is 3.53. The Kier molecular flexibility index (Phi) is 8.78. The molecule has 0 spiro atoms. The van der Waals surface area contributed by atoms with Crippen LogP contribution in [0.5, 0.6) is 0 Å². The number of urea groups is 1. The molecular weight excluding hydrogens is 584 g/mol. The number of benzene rings is 2. The molecule has 2 bridgehead atoms. The number of carbonyl (C=O) groups is 1. The Morgan fingerprint density at radius 1 is 0.848 bits per heavy atom. The number of rotatable bonds is 8. The Hall–Kier alpha value is -3.84. The van der Waals surface area contributed by atoms with Crippen molar-refractivity contribution in [1.82, 2.24) is 19.9 Å². The van der Waals surface area contributed by atoms with Crippen LogP contribution in [0.1, 0.15) is 44.6 Å². The number of ether oxygens (including phenoxy) is 1. The van der Waals surface area contributed by atoms with Crippen molar-refractivity contribution in [2.45, 2.75) is 62.6 Å². The van der Waals surface area contributed by atoms with Crippen molar-refractivity contribution in [2.24, 2.45) is 0 Å². The molecule has 4 N–H and O–H groups in total. The number of aromatic nitrogens is 3. The van der Waals surface area contributed by atoms with E-state index in [2.05, 4.69) is 39.5 Å². The van der Waals surface area contributed by atoms with E-state index in [1.165, 1.54) is 44.5 Å². The first-order chi connectivity index (χ1) is 22.4. The summed E-state index contributed by atoms with van der Waals surface area (Å²) in [5.74, 6) is 1.46. The molecular formula is C34H44N8O4. The van der Waals surface area contributed by atoms with E-state index in [0.29, 0.717) is 43.2 Å². The molecule has 3 aromatic rings. The molecule has 3 atom stereocenters. The molecule has 0 aliphatic carbocycles. The van der Waals surface area contributed by atoms with Gasteiger partial charge in [-0.2, -0.15) is 15.0 Å². The molecule has 46 heavy (non-hydrogen) atoms. The molecule has 3 unspecified atom stereocenters. The van der Waals surface area contributed by atoms with Gasteiger partial charge in [-0.1, -0.05) is 12.1 Å². The summed E-state index contributed by atoms with van der Waals surface area (Å²) in [5, 5.41) is 26.0. The predicted octanol–water partition coefficient (Wildman–Crippen LogP) is 3.47. The summed E-state index contributed by atoms with van der Waals surface area (Å²) in [6.45, 7) is 7.31. The monoisotopic (exact) mass is 628 g/mol. The number of anilines is 4. The highest BCUT2D eigenvalue weighted by molar-refractivity contribution is 5.99. The van der Waals surface area contributed by atoms with Crippen molar-refractivity contribution >= 4 is 29.3 Å². The predicted molar refractivity (Wildman–Crippen MR) is 177 cm³/mol. The lowest BCUT2D eigenvalue weighted by Crippen LogP contribution is -2.50. The zero-order chi connectivity index (χ0) is 31.7. The number of piperidine rings is 3. The zero-order valence-corrected chi connectivity index (χ0v) is 26.4. The number of morpholine rings is 1. The maximum atomic E-state index is 12.9. The second kappa shape index (κ2) is 13.1. The summed E-state index contributed by atoms with van der Waals surface area (Å²) in [7, 11) is 0. The van der Waals surface area contributed by atoms with Crippen molar-refractivity contribution in [2.75, 3.05) is 73.0 Å². The first-order valence-electron chi connectivity index (χ1n) is 16.6. The normalized spacial score (nSPS) is 27.5. The van der Waals surface area contributed by atoms with Gasteiger partial charge in [0.2, 0.25) is 11.9 Å². The summed E-state index contributed by atoms with van der Waals surface area (Å²) in [6, 6.07) is 15.2. The van der Waals surface area contributed by atoms with E-state index in [1.54, 1.807) is 0 Å². The number of hydrogen-bond donors (Lipinski definition) is 4. The highest BCUT2D eigenvalue weighted by atomic mass is 16.5. The minimum atomic E-state index is -0.310. The van der Waals surface area contributed by atoms with Gasteiger partial charge >= 0.3 is 6.03 Å². The smallest absolute Gasteiger partial charge is 0.323 e. The number of hydrogen-bond acceptors (Lipinski definition) is 10. The first kappa shape index (κ1) is 30.8. The van der Waals surface area contributed by atoms with Crippen LogP contribution in [0.2, 0.25) is 0 Å². The molecule has 1 aromatic heterocycles. The number of aliphatic hydroxyl groups excluding tert-OH is 2. The second-order valence-corrected chi connectivity index (χ2v) is 13.1. The third-order valence-electron chi connectivity index (χ3n) is 10.4. The van der Waals surface area contributed by atoms with E-state index in [0.717, 1.165) is 24.1 Å². The van der Waals surface area contributed by atoms with Crippen molar-refractivity contribution in [1.29, 1.82) is 0 Å². The minimum Gasteiger partial charge on any atom is -0.394 e. The van der Waals surface area contributed by atoms with Crippen LogP contribution in [-0.4, -0.2) is 107 Å². The maximum absolute atomic E-state index is 12.9. The molecule has 0 saturated carbocycles. The highest BCUT2D eigenvalue weighted by Gasteiger charge is 2.40. The standard InChI is InChI=1S/C34H44N8O4/c1-23-22-46-19-18-41(23)31-37-30(38-32(39-31)42-28(20-43)10-11-29(42)21-44)24-2-6-26(7-3-24)35-33(45)36-27-8-4-25(5-9-27)34-12-15-40(16-13-34)17-14-34/h2-9,23,28-29,43-44H,10-22H2,1H3,(H2,35,36,45). The van der Waals surface area contributed by atoms with Crippen molar-refractivity contribution in [3.63, 3.8) is 0 Å². The molecule has 0 radical (unpaired) electrons. The number of fused-ring (bicyclic) bond motifs is 3. The second-order valence-electron chi connectivity index (χ2n) is 13.1. The first-order valence-corrected chi connectivity index (χ1v) is 16.6. The van der Waals surface area contributed by atoms with Gasteiger partial charge in [0.15, 0.2) is 5.82 Å². The van der Waals surface area contributed by atoms with Crippen LogP contribution in [0.3, 0.4) is 0 Å². The summed E-state index contributed by atoms with van der Waals surface area (Å²) in [5.41, 5.74) is 3.83. The van der Waals surface area contributed by atoms with E-state index in [4.69, 9.17) is 19.7 Å². The number of amides is 2. The maximum Gasteiger partial charge on any atom is 0.323 e. The van der Waals surface area contributed by atoms with Crippen LogP contribution in [0.25, 0.3) is 11.4 Å². The van der Waals surface area contributed by atoms with Crippen LogP contribution in [0.15, 0.2) is 48.5 Å². The molecule has 2 aromatic carbocycles. The molecule has 5 aliphatic rings. The molecule has 2 amide bonds. The molecule has 6 heterocycles. The van der Waals surface area contributed by atoms with E-state index in [9.17, 15) is 15.0 Å². The van der Waals surface area contributed by atoms with Gasteiger partial charge < -0.3 is 40.3 Å². The topological polar surface area (TPSA) is 139 Å². The lowest BCUT2D eigenvalue weighted by molar-refractivity contribution is 0.0818. The van der Waals surface area contributed by atoms with Gasteiger partial charge in [-0.25, -0.2) is 4.79 Å². The van der Waals surface area contributed by atoms with Gasteiger partial charge in [0.1, 0.15) is 0 Å². The Morgan fingerprint density at radius 2 is 1.43 bits per heavy atom. The molecule has 5 saturated heterocycles. The van der Waals surface area contributed by atoms with Crippen LogP contribution in [0, 0.1) is 0 Å². The van der Waals surface area contributed by atoms with E-state index >= 15 is 0 Å². The van der Waals surface area contributed by atoms with Gasteiger partial charge in [0.25, 0.3) is 0 Å². The average molecular weight is 629 g/mol. The Balaban J connectivity index is 1.07. The fourth-order valence-electron chi connectivity index (χ4n) is 7.56.